The van der Waals surface area contributed by atoms with Crippen LogP contribution in [-0.2, 0) is 9.53 Å². The van der Waals surface area contributed by atoms with Gasteiger partial charge < -0.3 is 19.0 Å². The maximum Gasteiger partial charge on any atom is 0.344 e. The zero-order valence-corrected chi connectivity index (χ0v) is 31.4. The summed E-state index contributed by atoms with van der Waals surface area (Å²) in [7, 11) is 0. The van der Waals surface area contributed by atoms with Crippen molar-refractivity contribution in [3.8, 4) is 22.8 Å². The van der Waals surface area contributed by atoms with Crippen molar-refractivity contribution in [1.82, 2.24) is 0 Å². The Balaban J connectivity index is 0.956. The summed E-state index contributed by atoms with van der Waals surface area (Å²) in [5.41, 5.74) is 2.76. The molecule has 1 heterocycles. The molecule has 3 saturated carbocycles. The molecule has 51 heavy (non-hydrogen) atoms. The van der Waals surface area contributed by atoms with Crippen molar-refractivity contribution in [3.05, 3.63) is 70.4 Å². The van der Waals surface area contributed by atoms with Crippen molar-refractivity contribution in [3.63, 3.8) is 0 Å². The Morgan fingerprint density at radius 1 is 0.980 bits per heavy atom. The number of benzene rings is 2. The number of carbonyl (C=O) groups is 1. The minimum atomic E-state index is -0.430. The number of ether oxygens (including phenoxy) is 2. The second kappa shape index (κ2) is 14.5. The molecule has 274 valence electrons. The van der Waals surface area contributed by atoms with Crippen molar-refractivity contribution < 1.29 is 23.8 Å². The minimum absolute atomic E-state index is 0.0789. The van der Waals surface area contributed by atoms with E-state index >= 15 is 0 Å². The Bertz CT molecular complexity index is 1810. The first kappa shape index (κ1) is 35.8. The van der Waals surface area contributed by atoms with Crippen LogP contribution in [-0.4, -0.2) is 23.8 Å². The van der Waals surface area contributed by atoms with Crippen LogP contribution in [0.1, 0.15) is 112 Å². The van der Waals surface area contributed by atoms with Crippen LogP contribution in [0.4, 0.5) is 0 Å². The molecule has 3 fully saturated rings. The summed E-state index contributed by atoms with van der Waals surface area (Å²) < 4.78 is 17.8. The molecule has 0 unspecified atom stereocenters. The molecule has 4 aliphatic carbocycles. The van der Waals surface area contributed by atoms with Gasteiger partial charge in [0.05, 0.1) is 0 Å². The van der Waals surface area contributed by atoms with Crippen LogP contribution in [0.15, 0.2) is 69.4 Å². The average molecular weight is 695 g/mol. The Morgan fingerprint density at radius 2 is 1.78 bits per heavy atom. The average Bonchev–Trinajstić information content (AvgIpc) is 3.10. The third kappa shape index (κ3) is 7.26. The van der Waals surface area contributed by atoms with Crippen molar-refractivity contribution in [2.45, 2.75) is 118 Å². The third-order valence-electron chi connectivity index (χ3n) is 13.9. The van der Waals surface area contributed by atoms with Gasteiger partial charge in [-0.25, -0.2) is 4.79 Å². The molecule has 0 radical (unpaired) electrons. The summed E-state index contributed by atoms with van der Waals surface area (Å²) >= 11 is 0. The molecular weight excluding hydrogens is 636 g/mol. The van der Waals surface area contributed by atoms with Gasteiger partial charge >= 0.3 is 5.97 Å². The second-order valence-electron chi connectivity index (χ2n) is 17.6. The fourth-order valence-corrected chi connectivity index (χ4v) is 11.0. The van der Waals surface area contributed by atoms with Gasteiger partial charge in [-0.2, -0.15) is 0 Å². The molecule has 0 bridgehead atoms. The molecule has 1 aromatic heterocycles. The molecule has 0 spiro atoms. The fraction of sp³-hybridized carbons (Fsp3) is 0.600. The molecule has 0 amide bonds. The lowest BCUT2D eigenvalue weighted by Crippen LogP contribution is -2.52. The Kier molecular flexibility index (Phi) is 10.2. The standard InChI is InChI=1S/C45H58O6/c1-28(2)10-9-11-29(3)31-14-17-36-35-16-15-32-22-33(18-21-45(32,5)37(35)19-20-44(36,4)26-31)50-42(48)27-49-34-23-38(46)43-39(47)25-40(51-41(43)24-34)30-12-7-6-8-13-30/h6-8,12-13,15,23-25,28-29,31,33,35-37,46H,9-11,14,16-22,26-27H2,1-5H3/t29-,31+,33-,35-,36+,37-,44-,45+/m1/s1. The quantitative estimate of drug-likeness (QED) is 0.168. The van der Waals surface area contributed by atoms with E-state index in [0.29, 0.717) is 11.2 Å². The Hall–Kier alpha value is -3.54. The highest BCUT2D eigenvalue weighted by Crippen LogP contribution is 2.65. The number of phenols is 1. The van der Waals surface area contributed by atoms with Crippen LogP contribution in [0, 0.1) is 46.3 Å². The monoisotopic (exact) mass is 694 g/mol. The fourth-order valence-electron chi connectivity index (χ4n) is 11.0. The molecular formula is C45H58O6. The van der Waals surface area contributed by atoms with E-state index in [1.165, 1.54) is 75.5 Å². The van der Waals surface area contributed by atoms with E-state index in [1.807, 2.05) is 30.3 Å². The van der Waals surface area contributed by atoms with Crippen LogP contribution >= 0.6 is 0 Å². The highest BCUT2D eigenvalue weighted by molar-refractivity contribution is 5.86. The molecule has 2 aromatic carbocycles. The molecule has 3 aromatic rings. The topological polar surface area (TPSA) is 86.0 Å². The van der Waals surface area contributed by atoms with Crippen LogP contribution in [0.5, 0.6) is 11.5 Å². The first-order valence-corrected chi connectivity index (χ1v) is 19.8. The summed E-state index contributed by atoms with van der Waals surface area (Å²) in [4.78, 5) is 25.9. The summed E-state index contributed by atoms with van der Waals surface area (Å²) in [5, 5.41) is 10.7. The van der Waals surface area contributed by atoms with Crippen molar-refractivity contribution in [2.75, 3.05) is 6.61 Å². The normalized spacial score (nSPS) is 30.9. The number of hydrogen-bond donors (Lipinski definition) is 1. The zero-order valence-electron chi connectivity index (χ0n) is 31.4. The Morgan fingerprint density at radius 3 is 2.57 bits per heavy atom. The molecule has 4 aliphatic rings. The van der Waals surface area contributed by atoms with Gasteiger partial charge in [-0.05, 0) is 97.7 Å². The largest absolute Gasteiger partial charge is 0.507 e. The number of allylic oxidation sites excluding steroid dienone is 1. The van der Waals surface area contributed by atoms with Gasteiger partial charge in [-0.15, -0.1) is 0 Å². The number of fused-ring (bicyclic) bond motifs is 6. The number of carbonyl (C=O) groups excluding carboxylic acids is 1. The van der Waals surface area contributed by atoms with Crippen LogP contribution < -0.4 is 10.2 Å². The van der Waals surface area contributed by atoms with Gasteiger partial charge in [0.25, 0.3) is 0 Å². The van der Waals surface area contributed by atoms with Crippen molar-refractivity contribution in [1.29, 1.82) is 0 Å². The third-order valence-corrected chi connectivity index (χ3v) is 13.9. The van der Waals surface area contributed by atoms with E-state index in [1.54, 1.807) is 6.07 Å². The number of hydrogen-bond acceptors (Lipinski definition) is 6. The van der Waals surface area contributed by atoms with Gasteiger partial charge in [-0.3, -0.25) is 4.79 Å². The van der Waals surface area contributed by atoms with E-state index in [4.69, 9.17) is 13.9 Å². The first-order valence-electron chi connectivity index (χ1n) is 19.8. The van der Waals surface area contributed by atoms with Gasteiger partial charge in [0.2, 0.25) is 0 Å². The van der Waals surface area contributed by atoms with E-state index in [0.717, 1.165) is 60.3 Å². The van der Waals surface area contributed by atoms with E-state index in [9.17, 15) is 14.7 Å². The van der Waals surface area contributed by atoms with Gasteiger partial charge in [0.15, 0.2) is 12.0 Å². The molecule has 6 heteroatoms. The SMILES string of the molecule is CC(C)CCC[C@@H](C)[C@H]1CC[C@H]2[C@H]3CC=C4C[C@H](OC(=O)COc5cc(O)c6c(=O)cc(-c7ccccc7)oc6c5)CC[C@]4(C)[C@@H]3CC[C@]2(C)C1. The maximum atomic E-state index is 13.0. The van der Waals surface area contributed by atoms with E-state index in [2.05, 4.69) is 40.7 Å². The highest BCUT2D eigenvalue weighted by Gasteiger charge is 2.56. The lowest BCUT2D eigenvalue weighted by Gasteiger charge is -2.61. The van der Waals surface area contributed by atoms with Gasteiger partial charge in [0.1, 0.15) is 34.3 Å². The van der Waals surface area contributed by atoms with E-state index in [-0.39, 0.29) is 46.0 Å². The molecule has 0 saturated heterocycles. The Labute approximate surface area is 304 Å². The lowest BCUT2D eigenvalue weighted by atomic mass is 9.44. The number of rotatable bonds is 10. The molecule has 8 atom stereocenters. The molecule has 0 aliphatic heterocycles. The summed E-state index contributed by atoms with van der Waals surface area (Å²) in [5.74, 6) is 4.80. The van der Waals surface area contributed by atoms with Crippen molar-refractivity contribution >= 4 is 16.9 Å². The van der Waals surface area contributed by atoms with Crippen LogP contribution in [0.3, 0.4) is 0 Å². The summed E-state index contributed by atoms with van der Waals surface area (Å²) in [6.45, 7) is 12.1. The smallest absolute Gasteiger partial charge is 0.344 e. The van der Waals surface area contributed by atoms with Gasteiger partial charge in [-0.1, -0.05) is 95.9 Å². The number of aromatic hydroxyl groups is 1. The first-order chi connectivity index (χ1) is 24.4. The highest BCUT2D eigenvalue weighted by atomic mass is 16.6. The summed E-state index contributed by atoms with van der Waals surface area (Å²) in [6, 6.07) is 13.6. The maximum absolute atomic E-state index is 13.0. The molecule has 1 N–H and O–H groups in total. The predicted molar refractivity (Wildman–Crippen MR) is 203 cm³/mol. The molecule has 6 nitrogen and oxygen atoms in total. The number of phenolic OH excluding ortho intramolecular Hbond substituents is 1. The molecule has 7 rings (SSSR count). The van der Waals surface area contributed by atoms with Gasteiger partial charge in [0, 0.05) is 30.2 Å². The van der Waals surface area contributed by atoms with E-state index < -0.39 is 5.97 Å². The van der Waals surface area contributed by atoms with Crippen molar-refractivity contribution in [2.24, 2.45) is 46.3 Å². The zero-order chi connectivity index (χ0) is 35.9. The lowest BCUT2D eigenvalue weighted by molar-refractivity contribution is -0.154. The van der Waals surface area contributed by atoms with Crippen LogP contribution in [0.2, 0.25) is 0 Å². The van der Waals surface area contributed by atoms with Crippen LogP contribution in [0.25, 0.3) is 22.3 Å². The summed E-state index contributed by atoms with van der Waals surface area (Å²) in [6.07, 6.45) is 17.3. The second-order valence-corrected chi connectivity index (χ2v) is 17.6. The minimum Gasteiger partial charge on any atom is -0.507 e. The number of esters is 1. The predicted octanol–water partition coefficient (Wildman–Crippen LogP) is 10.9.